The van der Waals surface area contributed by atoms with Crippen LogP contribution in [0.2, 0.25) is 0 Å². The zero-order chi connectivity index (χ0) is 26.9. The molecular formula is C32H50N4O3. The molecule has 3 aliphatic heterocycles. The lowest BCUT2D eigenvalue weighted by Crippen LogP contribution is -2.54. The van der Waals surface area contributed by atoms with Gasteiger partial charge in [-0.05, 0) is 95.4 Å². The number of benzene rings is 1. The maximum absolute atomic E-state index is 13.0. The van der Waals surface area contributed by atoms with Crippen molar-refractivity contribution in [2.45, 2.75) is 89.3 Å². The van der Waals surface area contributed by atoms with Crippen LogP contribution in [0.4, 0.5) is 0 Å². The van der Waals surface area contributed by atoms with E-state index in [2.05, 4.69) is 49.9 Å². The summed E-state index contributed by atoms with van der Waals surface area (Å²) in [6.07, 6.45) is 12.2. The molecule has 1 saturated carbocycles. The Hall–Kier alpha value is -1.96. The van der Waals surface area contributed by atoms with Gasteiger partial charge in [0.25, 0.3) is 0 Å². The first kappa shape index (κ1) is 28.6. The lowest BCUT2D eigenvalue weighted by Gasteiger charge is -2.43. The van der Waals surface area contributed by atoms with Gasteiger partial charge in [-0.1, -0.05) is 36.8 Å². The number of hydrogen-bond acceptors (Lipinski definition) is 6. The normalized spacial score (nSPS) is 23.6. The molecule has 1 amide bonds. The molecule has 216 valence electrons. The highest BCUT2D eigenvalue weighted by molar-refractivity contribution is 5.76. The van der Waals surface area contributed by atoms with Crippen LogP contribution in [0.1, 0.15) is 76.2 Å². The molecule has 0 bridgehead atoms. The van der Waals surface area contributed by atoms with Crippen molar-refractivity contribution in [3.8, 4) is 0 Å². The Morgan fingerprint density at radius 2 is 1.41 bits per heavy atom. The van der Waals surface area contributed by atoms with E-state index >= 15 is 0 Å². The smallest absolute Gasteiger partial charge is 0.320 e. The molecular weight excluding hydrogens is 488 g/mol. The molecule has 0 aromatic heterocycles. The molecule has 1 aliphatic carbocycles. The van der Waals surface area contributed by atoms with Crippen molar-refractivity contribution in [2.24, 2.45) is 5.92 Å². The third kappa shape index (κ3) is 8.76. The van der Waals surface area contributed by atoms with Crippen LogP contribution in [-0.2, 0) is 20.9 Å². The van der Waals surface area contributed by atoms with Crippen molar-refractivity contribution in [3.63, 3.8) is 0 Å². The van der Waals surface area contributed by atoms with Gasteiger partial charge in [-0.2, -0.15) is 0 Å². The van der Waals surface area contributed by atoms with Gasteiger partial charge in [-0.25, -0.2) is 0 Å². The first-order chi connectivity index (χ1) is 19.1. The first-order valence-electron chi connectivity index (χ1n) is 15.8. The van der Waals surface area contributed by atoms with Gasteiger partial charge in [0.2, 0.25) is 5.91 Å². The van der Waals surface area contributed by atoms with Gasteiger partial charge in [-0.3, -0.25) is 24.3 Å². The molecule has 0 N–H and O–H groups in total. The third-order valence-corrected chi connectivity index (χ3v) is 9.67. The SMILES string of the molecule is O=C(CN1CCC(CCC(=O)N2CCN(C3CCN(Cc4ccccc4)CC3)CC2)CC1)OC1CCCCC1. The molecule has 5 rings (SSSR count). The summed E-state index contributed by atoms with van der Waals surface area (Å²) < 4.78 is 5.70. The number of nitrogens with zero attached hydrogens (tertiary/aromatic N) is 4. The standard InChI is InChI=1S/C32H50N4O3/c37-31(12-11-27-13-17-34(18-14-27)26-32(38)39-30-9-5-2-6-10-30)36-23-21-35(22-24-36)29-15-19-33(20-16-29)25-28-7-3-1-4-8-28/h1,3-4,7-8,27,29-30H,2,5-6,9-26H2. The highest BCUT2D eigenvalue weighted by Gasteiger charge is 2.30. The van der Waals surface area contributed by atoms with E-state index in [4.69, 9.17) is 4.74 Å². The van der Waals surface area contributed by atoms with E-state index in [9.17, 15) is 9.59 Å². The van der Waals surface area contributed by atoms with Crippen molar-refractivity contribution in [2.75, 3.05) is 58.9 Å². The molecule has 4 aliphatic rings. The van der Waals surface area contributed by atoms with E-state index in [0.29, 0.717) is 30.8 Å². The zero-order valence-corrected chi connectivity index (χ0v) is 24.0. The van der Waals surface area contributed by atoms with Crippen LogP contribution in [0.3, 0.4) is 0 Å². The second-order valence-corrected chi connectivity index (χ2v) is 12.4. The summed E-state index contributed by atoms with van der Waals surface area (Å²) in [5.41, 5.74) is 1.41. The fraction of sp³-hybridized carbons (Fsp3) is 0.750. The molecule has 3 saturated heterocycles. The highest BCUT2D eigenvalue weighted by atomic mass is 16.5. The third-order valence-electron chi connectivity index (χ3n) is 9.67. The quantitative estimate of drug-likeness (QED) is 0.440. The average molecular weight is 539 g/mol. The summed E-state index contributed by atoms with van der Waals surface area (Å²) in [6, 6.07) is 11.5. The van der Waals surface area contributed by atoms with Gasteiger partial charge in [-0.15, -0.1) is 0 Å². The molecule has 1 aromatic rings. The second kappa shape index (κ2) is 14.6. The summed E-state index contributed by atoms with van der Waals surface area (Å²) >= 11 is 0. The number of piperidine rings is 2. The van der Waals surface area contributed by atoms with Crippen LogP contribution in [-0.4, -0.2) is 103 Å². The lowest BCUT2D eigenvalue weighted by molar-refractivity contribution is -0.152. The molecule has 0 atom stereocenters. The predicted octanol–water partition coefficient (Wildman–Crippen LogP) is 4.16. The minimum Gasteiger partial charge on any atom is -0.461 e. The van der Waals surface area contributed by atoms with Crippen LogP contribution < -0.4 is 0 Å². The Morgan fingerprint density at radius 3 is 2.10 bits per heavy atom. The van der Waals surface area contributed by atoms with Gasteiger partial charge < -0.3 is 9.64 Å². The summed E-state index contributed by atoms with van der Waals surface area (Å²) in [5.74, 6) is 0.889. The van der Waals surface area contributed by atoms with Crippen molar-refractivity contribution in [1.82, 2.24) is 19.6 Å². The van der Waals surface area contributed by atoms with Gasteiger partial charge in [0, 0.05) is 45.2 Å². The maximum atomic E-state index is 13.0. The number of carbonyl (C=O) groups excluding carboxylic acids is 2. The lowest BCUT2D eigenvalue weighted by atomic mass is 9.92. The van der Waals surface area contributed by atoms with E-state index in [0.717, 1.165) is 77.9 Å². The summed E-state index contributed by atoms with van der Waals surface area (Å²) in [5, 5.41) is 0. The van der Waals surface area contributed by atoms with Crippen molar-refractivity contribution in [3.05, 3.63) is 35.9 Å². The number of hydrogen-bond donors (Lipinski definition) is 0. The molecule has 0 spiro atoms. The van der Waals surface area contributed by atoms with Crippen LogP contribution in [0, 0.1) is 5.92 Å². The van der Waals surface area contributed by atoms with Gasteiger partial charge in [0.15, 0.2) is 0 Å². The molecule has 0 unspecified atom stereocenters. The van der Waals surface area contributed by atoms with E-state index < -0.39 is 0 Å². The van der Waals surface area contributed by atoms with Gasteiger partial charge >= 0.3 is 5.97 Å². The maximum Gasteiger partial charge on any atom is 0.320 e. The largest absolute Gasteiger partial charge is 0.461 e. The van der Waals surface area contributed by atoms with Crippen molar-refractivity contribution >= 4 is 11.9 Å². The van der Waals surface area contributed by atoms with E-state index in [1.54, 1.807) is 0 Å². The predicted molar refractivity (Wildman–Crippen MR) is 154 cm³/mol. The highest BCUT2D eigenvalue weighted by Crippen LogP contribution is 2.25. The number of ether oxygens (including phenoxy) is 1. The number of likely N-dealkylation sites (tertiary alicyclic amines) is 2. The molecule has 4 fully saturated rings. The van der Waals surface area contributed by atoms with Crippen LogP contribution in [0.15, 0.2) is 30.3 Å². The Kier molecular flexibility index (Phi) is 10.7. The Bertz CT molecular complexity index is 882. The van der Waals surface area contributed by atoms with Gasteiger partial charge in [0.05, 0.1) is 6.54 Å². The minimum atomic E-state index is -0.0487. The van der Waals surface area contributed by atoms with Crippen molar-refractivity contribution in [1.29, 1.82) is 0 Å². The summed E-state index contributed by atoms with van der Waals surface area (Å²) in [6.45, 7) is 9.51. The first-order valence-corrected chi connectivity index (χ1v) is 15.8. The molecule has 7 nitrogen and oxygen atoms in total. The Morgan fingerprint density at radius 1 is 0.744 bits per heavy atom. The molecule has 1 aromatic carbocycles. The fourth-order valence-corrected chi connectivity index (χ4v) is 7.13. The summed E-state index contributed by atoms with van der Waals surface area (Å²) in [4.78, 5) is 34.9. The van der Waals surface area contributed by atoms with E-state index in [-0.39, 0.29) is 12.1 Å². The zero-order valence-electron chi connectivity index (χ0n) is 24.0. The number of rotatable bonds is 9. The Balaban J connectivity index is 0.927. The molecule has 3 heterocycles. The fourth-order valence-electron chi connectivity index (χ4n) is 7.13. The van der Waals surface area contributed by atoms with Gasteiger partial charge in [0.1, 0.15) is 6.10 Å². The number of piperazine rings is 1. The Labute approximate surface area is 235 Å². The van der Waals surface area contributed by atoms with Crippen molar-refractivity contribution < 1.29 is 14.3 Å². The number of carbonyl (C=O) groups is 2. The second-order valence-electron chi connectivity index (χ2n) is 12.4. The molecule has 39 heavy (non-hydrogen) atoms. The minimum absolute atomic E-state index is 0.0487. The molecule has 7 heteroatoms. The topological polar surface area (TPSA) is 56.3 Å². The van der Waals surface area contributed by atoms with Crippen LogP contribution in [0.25, 0.3) is 0 Å². The number of esters is 1. The number of amides is 1. The summed E-state index contributed by atoms with van der Waals surface area (Å²) in [7, 11) is 0. The van der Waals surface area contributed by atoms with Crippen LogP contribution in [0.5, 0.6) is 0 Å². The monoisotopic (exact) mass is 538 g/mol. The van der Waals surface area contributed by atoms with E-state index in [1.807, 2.05) is 0 Å². The molecule has 0 radical (unpaired) electrons. The average Bonchev–Trinajstić information content (AvgIpc) is 2.98. The van der Waals surface area contributed by atoms with Crippen LogP contribution >= 0.6 is 0 Å². The van der Waals surface area contributed by atoms with E-state index in [1.165, 1.54) is 50.8 Å².